The van der Waals surface area contributed by atoms with E-state index >= 15 is 0 Å². The zero-order valence-corrected chi connectivity index (χ0v) is 11.1. The molecule has 6 heteroatoms. The highest BCUT2D eigenvalue weighted by Crippen LogP contribution is 2.19. The van der Waals surface area contributed by atoms with E-state index in [4.69, 9.17) is 4.74 Å². The molecule has 0 bridgehead atoms. The maximum Gasteiger partial charge on any atom is 0.240 e. The van der Waals surface area contributed by atoms with Crippen LogP contribution in [0.25, 0.3) is 0 Å². The summed E-state index contributed by atoms with van der Waals surface area (Å²) in [5.41, 5.74) is 0. The van der Waals surface area contributed by atoms with Crippen LogP contribution in [0.4, 0.5) is 0 Å². The summed E-state index contributed by atoms with van der Waals surface area (Å²) in [6, 6.07) is 0.0521. The van der Waals surface area contributed by atoms with Gasteiger partial charge in [-0.05, 0) is 6.42 Å². The number of carbonyl (C=O) groups is 1. The van der Waals surface area contributed by atoms with Gasteiger partial charge >= 0.3 is 0 Å². The third-order valence-electron chi connectivity index (χ3n) is 3.01. The lowest BCUT2D eigenvalue weighted by Gasteiger charge is -2.20. The van der Waals surface area contributed by atoms with Gasteiger partial charge in [-0.1, -0.05) is 0 Å². The maximum atomic E-state index is 12.0. The van der Waals surface area contributed by atoms with Crippen LogP contribution in [-0.4, -0.2) is 55.3 Å². The second kappa shape index (κ2) is 6.69. The number of halogens is 1. The third kappa shape index (κ3) is 3.26. The molecule has 2 aliphatic rings. The van der Waals surface area contributed by atoms with Crippen molar-refractivity contribution >= 4 is 30.1 Å². The van der Waals surface area contributed by atoms with Crippen molar-refractivity contribution in [2.75, 3.05) is 38.4 Å². The summed E-state index contributed by atoms with van der Waals surface area (Å²) < 4.78 is 5.12. The number of carbonyl (C=O) groups excluding carboxylic acids is 1. The number of rotatable bonds is 3. The molecule has 0 aromatic carbocycles. The molecule has 2 aliphatic heterocycles. The monoisotopic (exact) mass is 266 g/mol. The van der Waals surface area contributed by atoms with Gasteiger partial charge in [-0.2, -0.15) is 0 Å². The molecule has 2 fully saturated rings. The predicted octanol–water partition coefficient (Wildman–Crippen LogP) is 0.566. The first-order chi connectivity index (χ1) is 7.31. The standard InChI is InChI=1S/C10H18N2O2S.ClH/c1-14-5-8-2-3-12(4-8)10(13)9-6-15-7-11-9;/h8-9,11H,2-7H2,1H3;1H/t8?,9-;/m1./s1. The van der Waals surface area contributed by atoms with Crippen LogP contribution < -0.4 is 5.32 Å². The molecular formula is C10H19ClN2O2S. The molecule has 0 aromatic heterocycles. The topological polar surface area (TPSA) is 41.6 Å². The molecular weight excluding hydrogens is 248 g/mol. The van der Waals surface area contributed by atoms with Gasteiger partial charge in [0.05, 0.1) is 12.6 Å². The van der Waals surface area contributed by atoms with Crippen LogP contribution in [0.2, 0.25) is 0 Å². The highest BCUT2D eigenvalue weighted by Gasteiger charge is 2.32. The number of hydrogen-bond acceptors (Lipinski definition) is 4. The minimum absolute atomic E-state index is 0. The van der Waals surface area contributed by atoms with E-state index in [1.54, 1.807) is 18.9 Å². The molecule has 1 amide bonds. The molecule has 2 saturated heterocycles. The number of likely N-dealkylation sites (tertiary alicyclic amines) is 1. The van der Waals surface area contributed by atoms with Gasteiger partial charge in [0.1, 0.15) is 0 Å². The Labute approximate surface area is 107 Å². The van der Waals surface area contributed by atoms with Crippen molar-refractivity contribution in [3.05, 3.63) is 0 Å². The van der Waals surface area contributed by atoms with Crippen LogP contribution in [0.5, 0.6) is 0 Å². The van der Waals surface area contributed by atoms with Crippen LogP contribution in [0.15, 0.2) is 0 Å². The van der Waals surface area contributed by atoms with Crippen molar-refractivity contribution in [3.8, 4) is 0 Å². The van der Waals surface area contributed by atoms with Crippen molar-refractivity contribution in [2.24, 2.45) is 5.92 Å². The van der Waals surface area contributed by atoms with E-state index in [2.05, 4.69) is 5.32 Å². The van der Waals surface area contributed by atoms with Gasteiger partial charge in [-0.15, -0.1) is 24.2 Å². The number of nitrogens with one attached hydrogen (secondary N) is 1. The molecule has 0 aromatic rings. The normalized spacial score (nSPS) is 29.2. The molecule has 94 valence electrons. The highest BCUT2D eigenvalue weighted by atomic mass is 35.5. The first kappa shape index (κ1) is 14.1. The zero-order valence-electron chi connectivity index (χ0n) is 9.48. The maximum absolute atomic E-state index is 12.0. The molecule has 0 radical (unpaired) electrons. The van der Waals surface area contributed by atoms with E-state index in [9.17, 15) is 4.79 Å². The van der Waals surface area contributed by atoms with Gasteiger partial charge in [0.15, 0.2) is 0 Å². The molecule has 16 heavy (non-hydrogen) atoms. The molecule has 0 saturated carbocycles. The van der Waals surface area contributed by atoms with Crippen LogP contribution in [0, 0.1) is 5.92 Å². The van der Waals surface area contributed by atoms with Crippen molar-refractivity contribution in [1.29, 1.82) is 0 Å². The quantitative estimate of drug-likeness (QED) is 0.811. The first-order valence-electron chi connectivity index (χ1n) is 5.40. The fraction of sp³-hybridized carbons (Fsp3) is 0.900. The van der Waals surface area contributed by atoms with Crippen LogP contribution in [0.1, 0.15) is 6.42 Å². The van der Waals surface area contributed by atoms with E-state index in [1.165, 1.54) is 0 Å². The van der Waals surface area contributed by atoms with Crippen LogP contribution in [-0.2, 0) is 9.53 Å². The number of amides is 1. The first-order valence-corrected chi connectivity index (χ1v) is 6.55. The Kier molecular flexibility index (Phi) is 5.89. The Balaban J connectivity index is 0.00000128. The lowest BCUT2D eigenvalue weighted by molar-refractivity contribution is -0.131. The van der Waals surface area contributed by atoms with Gasteiger partial charge in [0.25, 0.3) is 0 Å². The molecule has 1 N–H and O–H groups in total. The molecule has 0 spiro atoms. The average molecular weight is 267 g/mol. The Morgan fingerprint density at radius 1 is 1.62 bits per heavy atom. The molecule has 0 aliphatic carbocycles. The van der Waals surface area contributed by atoms with E-state index in [-0.39, 0.29) is 24.4 Å². The zero-order chi connectivity index (χ0) is 10.7. The van der Waals surface area contributed by atoms with E-state index in [1.807, 2.05) is 4.90 Å². The van der Waals surface area contributed by atoms with Gasteiger partial charge in [0, 0.05) is 37.7 Å². The minimum Gasteiger partial charge on any atom is -0.384 e. The van der Waals surface area contributed by atoms with Crippen molar-refractivity contribution in [2.45, 2.75) is 12.5 Å². The summed E-state index contributed by atoms with van der Waals surface area (Å²) >= 11 is 1.80. The summed E-state index contributed by atoms with van der Waals surface area (Å²) in [6.45, 7) is 2.54. The van der Waals surface area contributed by atoms with E-state index < -0.39 is 0 Å². The Morgan fingerprint density at radius 3 is 3.06 bits per heavy atom. The SMILES string of the molecule is COCC1CCN(C(=O)[C@H]2CSCN2)C1.Cl. The van der Waals surface area contributed by atoms with E-state index in [0.717, 1.165) is 37.7 Å². The molecule has 1 unspecified atom stereocenters. The van der Waals surface area contributed by atoms with Gasteiger partial charge < -0.3 is 9.64 Å². The van der Waals surface area contributed by atoms with Gasteiger partial charge in [0.2, 0.25) is 5.91 Å². The largest absolute Gasteiger partial charge is 0.384 e. The number of methoxy groups -OCH3 is 1. The van der Waals surface area contributed by atoms with Crippen molar-refractivity contribution in [3.63, 3.8) is 0 Å². The molecule has 2 heterocycles. The number of thioether (sulfide) groups is 1. The van der Waals surface area contributed by atoms with Crippen molar-refractivity contribution < 1.29 is 9.53 Å². The predicted molar refractivity (Wildman–Crippen MR) is 68.1 cm³/mol. The second-order valence-electron chi connectivity index (χ2n) is 4.17. The highest BCUT2D eigenvalue weighted by molar-refractivity contribution is 7.99. The van der Waals surface area contributed by atoms with E-state index in [0.29, 0.717) is 5.92 Å². The molecule has 2 rings (SSSR count). The summed E-state index contributed by atoms with van der Waals surface area (Å²) in [4.78, 5) is 14.0. The number of nitrogens with zero attached hydrogens (tertiary/aromatic N) is 1. The fourth-order valence-electron chi connectivity index (χ4n) is 2.18. The molecule has 2 atom stereocenters. The second-order valence-corrected chi connectivity index (χ2v) is 5.20. The third-order valence-corrected chi connectivity index (χ3v) is 3.95. The van der Waals surface area contributed by atoms with Crippen LogP contribution >= 0.6 is 24.2 Å². The van der Waals surface area contributed by atoms with Gasteiger partial charge in [-0.25, -0.2) is 0 Å². The van der Waals surface area contributed by atoms with Crippen LogP contribution in [0.3, 0.4) is 0 Å². The Morgan fingerprint density at radius 2 is 2.44 bits per heavy atom. The summed E-state index contributed by atoms with van der Waals surface area (Å²) in [7, 11) is 1.72. The summed E-state index contributed by atoms with van der Waals surface area (Å²) in [5.74, 6) is 2.64. The summed E-state index contributed by atoms with van der Waals surface area (Å²) in [5, 5.41) is 3.22. The number of hydrogen-bond donors (Lipinski definition) is 1. The van der Waals surface area contributed by atoms with Gasteiger partial charge in [-0.3, -0.25) is 10.1 Å². The Bertz CT molecular complexity index is 237. The molecule has 4 nitrogen and oxygen atoms in total. The minimum atomic E-state index is 0. The van der Waals surface area contributed by atoms with Crippen molar-refractivity contribution in [1.82, 2.24) is 10.2 Å². The average Bonchev–Trinajstić information content (AvgIpc) is 2.87. The lowest BCUT2D eigenvalue weighted by Crippen LogP contribution is -2.44. The fourth-order valence-corrected chi connectivity index (χ4v) is 3.11. The summed E-state index contributed by atoms with van der Waals surface area (Å²) in [6.07, 6.45) is 1.08. The lowest BCUT2D eigenvalue weighted by atomic mass is 10.1. The Hall–Kier alpha value is 0.0300. The number of ether oxygens (including phenoxy) is 1. The smallest absolute Gasteiger partial charge is 0.240 e.